The van der Waals surface area contributed by atoms with Gasteiger partial charge in [-0.3, -0.25) is 14.3 Å². The third kappa shape index (κ3) is 4.06. The molecule has 0 unspecified atom stereocenters. The first kappa shape index (κ1) is 20.8. The number of nitrogens with one attached hydrogen (secondary N) is 1. The second-order valence-corrected chi connectivity index (χ2v) is 12.0. The molecule has 168 valence electrons. The Hall–Kier alpha value is -2.09. The molecule has 31 heavy (non-hydrogen) atoms. The summed E-state index contributed by atoms with van der Waals surface area (Å²) in [6, 6.07) is 6.48. The Balaban J connectivity index is 1.20. The summed E-state index contributed by atoms with van der Waals surface area (Å²) >= 11 is 0. The van der Waals surface area contributed by atoms with Crippen LogP contribution < -0.4 is 4.72 Å². The summed E-state index contributed by atoms with van der Waals surface area (Å²) in [6.45, 7) is 2.28. The predicted molar refractivity (Wildman–Crippen MR) is 118 cm³/mol. The van der Waals surface area contributed by atoms with E-state index in [2.05, 4.69) is 4.72 Å². The Bertz CT molecular complexity index is 945. The smallest absolute Gasteiger partial charge is 0.253 e. The molecule has 4 bridgehead atoms. The van der Waals surface area contributed by atoms with Crippen molar-refractivity contribution in [1.82, 2.24) is 9.80 Å². The highest BCUT2D eigenvalue weighted by Gasteiger charge is 2.55. The number of rotatable bonds is 4. The predicted octanol–water partition coefficient (Wildman–Crippen LogP) is 2.56. The second-order valence-electron chi connectivity index (χ2n) is 10.2. The van der Waals surface area contributed by atoms with E-state index in [-0.39, 0.29) is 11.3 Å². The van der Waals surface area contributed by atoms with Gasteiger partial charge < -0.3 is 9.80 Å². The van der Waals surface area contributed by atoms with Crippen LogP contribution in [-0.4, -0.2) is 62.5 Å². The molecule has 1 heterocycles. The molecule has 2 amide bonds. The van der Waals surface area contributed by atoms with Crippen molar-refractivity contribution in [1.29, 1.82) is 0 Å². The van der Waals surface area contributed by atoms with E-state index in [1.807, 2.05) is 4.90 Å². The van der Waals surface area contributed by atoms with Gasteiger partial charge in [-0.05, 0) is 80.5 Å². The minimum atomic E-state index is -3.34. The van der Waals surface area contributed by atoms with Gasteiger partial charge in [-0.25, -0.2) is 8.42 Å². The van der Waals surface area contributed by atoms with Crippen molar-refractivity contribution in [3.63, 3.8) is 0 Å². The topological polar surface area (TPSA) is 86.8 Å². The van der Waals surface area contributed by atoms with Crippen molar-refractivity contribution >= 4 is 27.5 Å². The Morgan fingerprint density at radius 2 is 1.35 bits per heavy atom. The van der Waals surface area contributed by atoms with Crippen LogP contribution >= 0.6 is 0 Å². The van der Waals surface area contributed by atoms with Gasteiger partial charge in [0.05, 0.1) is 11.7 Å². The van der Waals surface area contributed by atoms with Gasteiger partial charge in [0, 0.05) is 37.4 Å². The van der Waals surface area contributed by atoms with Crippen LogP contribution in [0.5, 0.6) is 0 Å². The normalized spacial score (nSPS) is 32.2. The Labute approximate surface area is 184 Å². The van der Waals surface area contributed by atoms with Crippen molar-refractivity contribution in [2.75, 3.05) is 37.2 Å². The molecule has 1 aromatic rings. The second kappa shape index (κ2) is 7.50. The van der Waals surface area contributed by atoms with Gasteiger partial charge in [0.15, 0.2) is 0 Å². The van der Waals surface area contributed by atoms with Crippen molar-refractivity contribution in [3.05, 3.63) is 29.8 Å². The van der Waals surface area contributed by atoms with E-state index in [1.54, 1.807) is 29.2 Å². The van der Waals surface area contributed by atoms with Crippen LogP contribution in [0.15, 0.2) is 24.3 Å². The maximum Gasteiger partial charge on any atom is 0.253 e. The maximum absolute atomic E-state index is 13.5. The molecule has 0 aromatic heterocycles. The van der Waals surface area contributed by atoms with Crippen LogP contribution in [-0.2, 0) is 14.8 Å². The van der Waals surface area contributed by atoms with Crippen molar-refractivity contribution in [2.45, 2.75) is 38.5 Å². The lowest BCUT2D eigenvalue weighted by atomic mass is 9.49. The highest BCUT2D eigenvalue weighted by molar-refractivity contribution is 7.92. The van der Waals surface area contributed by atoms with Crippen LogP contribution in [0.25, 0.3) is 0 Å². The number of carbonyl (C=O) groups excluding carboxylic acids is 2. The molecule has 0 atom stereocenters. The van der Waals surface area contributed by atoms with Gasteiger partial charge in [0.2, 0.25) is 15.9 Å². The molecule has 1 aromatic carbocycles. The van der Waals surface area contributed by atoms with E-state index in [4.69, 9.17) is 0 Å². The minimum Gasteiger partial charge on any atom is -0.339 e. The molecule has 1 saturated heterocycles. The van der Waals surface area contributed by atoms with E-state index < -0.39 is 10.0 Å². The fraction of sp³-hybridized carbons (Fsp3) is 0.652. The molecule has 0 spiro atoms. The molecule has 8 heteroatoms. The molecule has 1 N–H and O–H groups in total. The quantitative estimate of drug-likeness (QED) is 0.772. The first-order valence-electron chi connectivity index (χ1n) is 11.4. The van der Waals surface area contributed by atoms with Crippen molar-refractivity contribution in [2.24, 2.45) is 23.2 Å². The first-order chi connectivity index (χ1) is 14.7. The summed E-state index contributed by atoms with van der Waals surface area (Å²) in [4.78, 5) is 30.2. The summed E-state index contributed by atoms with van der Waals surface area (Å²) in [7, 11) is -3.34. The maximum atomic E-state index is 13.5. The molecule has 4 saturated carbocycles. The average Bonchev–Trinajstić information content (AvgIpc) is 2.71. The van der Waals surface area contributed by atoms with Crippen LogP contribution in [0, 0.1) is 23.2 Å². The highest BCUT2D eigenvalue weighted by atomic mass is 32.2. The Morgan fingerprint density at radius 3 is 1.84 bits per heavy atom. The van der Waals surface area contributed by atoms with Crippen LogP contribution in [0.4, 0.5) is 5.69 Å². The van der Waals surface area contributed by atoms with Crippen molar-refractivity contribution in [3.8, 4) is 0 Å². The summed E-state index contributed by atoms with van der Waals surface area (Å²) in [5.74, 6) is 2.51. The van der Waals surface area contributed by atoms with Gasteiger partial charge in [0.1, 0.15) is 0 Å². The number of hydrogen-bond donors (Lipinski definition) is 1. The number of anilines is 1. The minimum absolute atomic E-state index is 0.0761. The summed E-state index contributed by atoms with van der Waals surface area (Å²) in [5, 5.41) is 0. The third-order valence-electron chi connectivity index (χ3n) is 7.78. The lowest BCUT2D eigenvalue weighted by molar-refractivity contribution is -0.159. The molecule has 5 fully saturated rings. The fourth-order valence-electron chi connectivity index (χ4n) is 6.90. The first-order valence-corrected chi connectivity index (χ1v) is 13.3. The third-order valence-corrected chi connectivity index (χ3v) is 8.39. The highest BCUT2D eigenvalue weighted by Crippen LogP contribution is 2.60. The van der Waals surface area contributed by atoms with E-state index in [0.29, 0.717) is 43.3 Å². The van der Waals surface area contributed by atoms with Gasteiger partial charge in [-0.15, -0.1) is 0 Å². The van der Waals surface area contributed by atoms with E-state index in [9.17, 15) is 18.0 Å². The van der Waals surface area contributed by atoms with Crippen LogP contribution in [0.3, 0.4) is 0 Å². The summed E-state index contributed by atoms with van der Waals surface area (Å²) in [5.41, 5.74) is 0.841. The zero-order valence-electron chi connectivity index (χ0n) is 18.0. The summed E-state index contributed by atoms with van der Waals surface area (Å²) in [6.07, 6.45) is 8.30. The number of piperazine rings is 1. The zero-order chi connectivity index (χ0) is 21.8. The average molecular weight is 446 g/mol. The van der Waals surface area contributed by atoms with Gasteiger partial charge in [-0.2, -0.15) is 0 Å². The molecule has 1 aliphatic heterocycles. The van der Waals surface area contributed by atoms with E-state index in [1.165, 1.54) is 19.3 Å². The van der Waals surface area contributed by atoms with E-state index >= 15 is 0 Å². The number of amides is 2. The van der Waals surface area contributed by atoms with Gasteiger partial charge in [-0.1, -0.05) is 0 Å². The van der Waals surface area contributed by atoms with Gasteiger partial charge in [0.25, 0.3) is 5.91 Å². The monoisotopic (exact) mass is 445 g/mol. The number of nitrogens with zero attached hydrogens (tertiary/aromatic N) is 2. The fourth-order valence-corrected chi connectivity index (χ4v) is 7.46. The zero-order valence-corrected chi connectivity index (χ0v) is 18.9. The van der Waals surface area contributed by atoms with Gasteiger partial charge >= 0.3 is 0 Å². The van der Waals surface area contributed by atoms with Crippen LogP contribution in [0.1, 0.15) is 48.9 Å². The SMILES string of the molecule is CS(=O)(=O)Nc1ccc(C(=O)N2CCN(C(=O)C34CC5CC(CC(C5)C3)C4)CC2)cc1. The summed E-state index contributed by atoms with van der Waals surface area (Å²) < 4.78 is 25.1. The van der Waals surface area contributed by atoms with Crippen molar-refractivity contribution < 1.29 is 18.0 Å². The molecule has 7 nitrogen and oxygen atoms in total. The Morgan fingerprint density at radius 1 is 0.871 bits per heavy atom. The lowest BCUT2D eigenvalue weighted by Crippen LogP contribution is -2.58. The molecular weight excluding hydrogens is 414 g/mol. The standard InChI is InChI=1S/C23H31N3O4S/c1-31(29,30)24-20-4-2-19(3-5-20)21(27)25-6-8-26(9-7-25)22(28)23-13-16-10-17(14-23)12-18(11-16)15-23/h2-5,16-18,24H,6-15H2,1H3. The number of hydrogen-bond acceptors (Lipinski definition) is 4. The number of carbonyl (C=O) groups is 2. The lowest BCUT2D eigenvalue weighted by Gasteiger charge is -2.57. The number of benzene rings is 1. The Kier molecular flexibility index (Phi) is 5.03. The molecular formula is C23H31N3O4S. The molecule has 0 radical (unpaired) electrons. The molecule has 4 aliphatic carbocycles. The largest absolute Gasteiger partial charge is 0.339 e. The molecule has 6 rings (SSSR count). The number of sulfonamides is 1. The van der Waals surface area contributed by atoms with E-state index in [0.717, 1.165) is 43.3 Å². The van der Waals surface area contributed by atoms with Crippen LogP contribution in [0.2, 0.25) is 0 Å². The molecule has 5 aliphatic rings.